The van der Waals surface area contributed by atoms with Gasteiger partial charge in [0.15, 0.2) is 0 Å². The summed E-state index contributed by atoms with van der Waals surface area (Å²) in [5, 5.41) is 0. The van der Waals surface area contributed by atoms with E-state index in [4.69, 9.17) is 0 Å². The van der Waals surface area contributed by atoms with Gasteiger partial charge in [0.25, 0.3) is 0 Å². The maximum atomic E-state index is 11.0. The van der Waals surface area contributed by atoms with Gasteiger partial charge in [0.05, 0.1) is 5.75 Å². The first-order valence-corrected chi connectivity index (χ1v) is 5.26. The fourth-order valence-corrected chi connectivity index (χ4v) is 1.34. The van der Waals surface area contributed by atoms with Gasteiger partial charge in [0.2, 0.25) is 10.0 Å². The van der Waals surface area contributed by atoms with Gasteiger partial charge in [-0.1, -0.05) is 12.1 Å². The van der Waals surface area contributed by atoms with Gasteiger partial charge in [0.1, 0.15) is 0 Å². The number of rotatable bonds is 3. The van der Waals surface area contributed by atoms with E-state index in [1.807, 2.05) is 0 Å². The van der Waals surface area contributed by atoms with Crippen molar-refractivity contribution in [1.29, 1.82) is 0 Å². The van der Waals surface area contributed by atoms with Crippen LogP contribution < -0.4 is 4.72 Å². The van der Waals surface area contributed by atoms with E-state index < -0.39 is 10.0 Å². The minimum Gasteiger partial charge on any atom is -0.284 e. The molecule has 1 radical (unpaired) electrons. The summed E-state index contributed by atoms with van der Waals surface area (Å²) in [7, 11) is -3.14. The zero-order chi connectivity index (χ0) is 9.03. The summed E-state index contributed by atoms with van der Waals surface area (Å²) < 4.78 is 24.5. The van der Waals surface area contributed by atoms with Gasteiger partial charge < -0.3 is 0 Å². The Balaban J connectivity index is 2.78. The maximum absolute atomic E-state index is 11.0. The topological polar surface area (TPSA) is 46.2 Å². The van der Waals surface area contributed by atoms with Crippen molar-refractivity contribution in [3.8, 4) is 0 Å². The van der Waals surface area contributed by atoms with E-state index in [-0.39, 0.29) is 5.75 Å². The molecule has 0 aliphatic heterocycles. The summed E-state index contributed by atoms with van der Waals surface area (Å²) in [6, 6.07) is 9.50. The standard InChI is InChI=1S/C8H10NO2S/c1-2-12(10,11)9-8-6-4-3-5-7-8/h3-4,6-7,9H,2H2,1H3. The molecule has 0 bridgehead atoms. The fraction of sp³-hybridized carbons (Fsp3) is 0.250. The third-order valence-corrected chi connectivity index (χ3v) is 2.67. The molecule has 1 aromatic rings. The number of anilines is 1. The maximum Gasteiger partial charge on any atom is 0.232 e. The van der Waals surface area contributed by atoms with Crippen LogP contribution in [0.4, 0.5) is 5.69 Å². The molecule has 1 rings (SSSR count). The van der Waals surface area contributed by atoms with Gasteiger partial charge in [-0.25, -0.2) is 8.42 Å². The van der Waals surface area contributed by atoms with E-state index in [0.717, 1.165) is 0 Å². The monoisotopic (exact) mass is 184 g/mol. The van der Waals surface area contributed by atoms with Gasteiger partial charge in [-0.15, -0.1) is 0 Å². The molecule has 65 valence electrons. The predicted molar refractivity (Wildman–Crippen MR) is 48.4 cm³/mol. The van der Waals surface area contributed by atoms with Crippen molar-refractivity contribution in [2.75, 3.05) is 10.5 Å². The molecule has 0 atom stereocenters. The lowest BCUT2D eigenvalue weighted by Crippen LogP contribution is -2.14. The lowest BCUT2D eigenvalue weighted by Gasteiger charge is -2.03. The fourth-order valence-electron chi connectivity index (χ4n) is 0.709. The molecule has 0 saturated heterocycles. The van der Waals surface area contributed by atoms with Crippen molar-refractivity contribution in [3.63, 3.8) is 0 Å². The van der Waals surface area contributed by atoms with E-state index in [9.17, 15) is 8.42 Å². The highest BCUT2D eigenvalue weighted by Crippen LogP contribution is 2.06. The van der Waals surface area contributed by atoms with Crippen LogP contribution in [0.1, 0.15) is 6.92 Å². The third kappa shape index (κ3) is 2.54. The largest absolute Gasteiger partial charge is 0.284 e. The summed E-state index contributed by atoms with van der Waals surface area (Å²) in [6.07, 6.45) is 0. The summed E-state index contributed by atoms with van der Waals surface area (Å²) in [5.41, 5.74) is 0.555. The van der Waals surface area contributed by atoms with Gasteiger partial charge in [-0.3, -0.25) is 4.72 Å². The minimum atomic E-state index is -3.14. The first kappa shape index (κ1) is 9.06. The van der Waals surface area contributed by atoms with Crippen molar-refractivity contribution in [2.24, 2.45) is 0 Å². The van der Waals surface area contributed by atoms with Crippen LogP contribution in [-0.2, 0) is 10.0 Å². The normalized spacial score (nSPS) is 11.1. The summed E-state index contributed by atoms with van der Waals surface area (Å²) in [4.78, 5) is 0. The molecule has 1 aromatic carbocycles. The number of hydrogen-bond donors (Lipinski definition) is 1. The van der Waals surface area contributed by atoms with Crippen molar-refractivity contribution in [2.45, 2.75) is 6.92 Å². The molecule has 0 heterocycles. The Morgan fingerprint density at radius 2 is 2.33 bits per heavy atom. The summed E-state index contributed by atoms with van der Waals surface area (Å²) in [5.74, 6) is 0.0852. The molecule has 1 N–H and O–H groups in total. The van der Waals surface area contributed by atoms with E-state index >= 15 is 0 Å². The Morgan fingerprint density at radius 3 is 2.83 bits per heavy atom. The van der Waals surface area contributed by atoms with Crippen molar-refractivity contribution in [1.82, 2.24) is 0 Å². The molecular weight excluding hydrogens is 174 g/mol. The molecular formula is C8H10NO2S. The van der Waals surface area contributed by atoms with Crippen LogP contribution in [-0.4, -0.2) is 14.2 Å². The van der Waals surface area contributed by atoms with E-state index in [1.165, 1.54) is 0 Å². The van der Waals surface area contributed by atoms with E-state index in [2.05, 4.69) is 10.8 Å². The second-order valence-corrected chi connectivity index (χ2v) is 4.31. The Kier molecular flexibility index (Phi) is 2.70. The molecule has 0 aromatic heterocycles. The third-order valence-electron chi connectivity index (χ3n) is 1.36. The first-order valence-electron chi connectivity index (χ1n) is 3.60. The lowest BCUT2D eigenvalue weighted by molar-refractivity contribution is 0.602. The Bertz CT molecular complexity index is 331. The van der Waals surface area contributed by atoms with E-state index in [0.29, 0.717) is 5.69 Å². The van der Waals surface area contributed by atoms with E-state index in [1.54, 1.807) is 31.2 Å². The molecule has 12 heavy (non-hydrogen) atoms. The molecule has 0 aliphatic carbocycles. The molecule has 0 aliphatic rings. The molecule has 0 saturated carbocycles. The molecule has 0 unspecified atom stereocenters. The molecule has 0 amide bonds. The highest BCUT2D eigenvalue weighted by molar-refractivity contribution is 7.92. The van der Waals surface area contributed by atoms with Crippen molar-refractivity contribution < 1.29 is 8.42 Å². The average Bonchev–Trinajstić information content (AvgIpc) is 2.06. The summed E-state index contributed by atoms with van der Waals surface area (Å²) >= 11 is 0. The quantitative estimate of drug-likeness (QED) is 0.768. The number of benzene rings is 1. The van der Waals surface area contributed by atoms with Gasteiger partial charge >= 0.3 is 0 Å². The van der Waals surface area contributed by atoms with Crippen LogP contribution >= 0.6 is 0 Å². The minimum absolute atomic E-state index is 0.0852. The molecule has 3 nitrogen and oxygen atoms in total. The SMILES string of the molecule is CCS(=O)(=O)Nc1c[c]ccc1. The predicted octanol–water partition coefficient (Wildman–Crippen LogP) is 1.25. The second-order valence-electron chi connectivity index (χ2n) is 2.30. The van der Waals surface area contributed by atoms with Crippen LogP contribution in [0.2, 0.25) is 0 Å². The van der Waals surface area contributed by atoms with Crippen LogP contribution in [0.25, 0.3) is 0 Å². The lowest BCUT2D eigenvalue weighted by atomic mass is 10.3. The van der Waals surface area contributed by atoms with Crippen molar-refractivity contribution >= 4 is 15.7 Å². The number of hydrogen-bond acceptors (Lipinski definition) is 2. The molecule has 0 fully saturated rings. The zero-order valence-corrected chi connectivity index (χ0v) is 7.56. The highest BCUT2D eigenvalue weighted by Gasteiger charge is 2.04. The van der Waals surface area contributed by atoms with Gasteiger partial charge in [0, 0.05) is 5.69 Å². The Morgan fingerprint density at radius 1 is 1.58 bits per heavy atom. The molecule has 0 spiro atoms. The number of nitrogens with one attached hydrogen (secondary N) is 1. The molecule has 4 heteroatoms. The zero-order valence-electron chi connectivity index (χ0n) is 6.74. The summed E-state index contributed by atoms with van der Waals surface area (Å²) in [6.45, 7) is 1.59. The van der Waals surface area contributed by atoms with Crippen molar-refractivity contribution in [3.05, 3.63) is 30.3 Å². The first-order chi connectivity index (χ1) is 5.64. The van der Waals surface area contributed by atoms with Crippen LogP contribution in [0.3, 0.4) is 0 Å². The van der Waals surface area contributed by atoms with Gasteiger partial charge in [-0.05, 0) is 25.1 Å². The average molecular weight is 184 g/mol. The van der Waals surface area contributed by atoms with Crippen LogP contribution in [0, 0.1) is 6.07 Å². The Hall–Kier alpha value is -1.03. The Labute approximate surface area is 72.5 Å². The van der Waals surface area contributed by atoms with Crippen LogP contribution in [0.15, 0.2) is 24.3 Å². The smallest absolute Gasteiger partial charge is 0.232 e. The van der Waals surface area contributed by atoms with Crippen LogP contribution in [0.5, 0.6) is 0 Å². The highest BCUT2D eigenvalue weighted by atomic mass is 32.2. The van der Waals surface area contributed by atoms with Gasteiger partial charge in [-0.2, -0.15) is 0 Å². The second kappa shape index (κ2) is 3.58. The number of sulfonamides is 1.